The van der Waals surface area contributed by atoms with Crippen LogP contribution in [0, 0.1) is 6.92 Å². The number of nitrogen functional groups attached to an aromatic ring is 1. The van der Waals surface area contributed by atoms with Crippen LogP contribution >= 0.6 is 0 Å². The number of nitrogens with zero attached hydrogens (tertiary/aromatic N) is 2. The molecule has 0 radical (unpaired) electrons. The Morgan fingerprint density at radius 3 is 2.85 bits per heavy atom. The van der Waals surface area contributed by atoms with E-state index in [9.17, 15) is 0 Å². The van der Waals surface area contributed by atoms with Crippen LogP contribution < -0.4 is 10.5 Å². The molecule has 2 heterocycles. The van der Waals surface area contributed by atoms with Gasteiger partial charge < -0.3 is 10.5 Å². The predicted octanol–water partition coefficient (Wildman–Crippen LogP) is 2.82. The van der Waals surface area contributed by atoms with Gasteiger partial charge in [0.25, 0.3) is 0 Å². The fraction of sp³-hybridized carbons (Fsp3) is 0.188. The molecule has 0 atom stereocenters. The molecule has 0 aliphatic rings. The number of aromatic nitrogens is 2. The van der Waals surface area contributed by atoms with Gasteiger partial charge in [-0.3, -0.25) is 4.40 Å². The van der Waals surface area contributed by atoms with Crippen LogP contribution in [-0.4, -0.2) is 16.5 Å². The van der Waals surface area contributed by atoms with Crippen LogP contribution in [0.25, 0.3) is 5.65 Å². The summed E-state index contributed by atoms with van der Waals surface area (Å²) in [6.45, 7) is 2.04. The Morgan fingerprint density at radius 1 is 1.25 bits per heavy atom. The highest BCUT2D eigenvalue weighted by Crippen LogP contribution is 2.22. The van der Waals surface area contributed by atoms with Gasteiger partial charge in [0.05, 0.1) is 12.8 Å². The van der Waals surface area contributed by atoms with Gasteiger partial charge in [-0.1, -0.05) is 18.2 Å². The standard InChI is InChI=1S/C16H17N3O/c1-11-5-4-8-19-15(17)14(18-16(11)19)10-12-6-3-7-13(9-12)20-2/h3-9H,10,17H2,1-2H3. The van der Waals surface area contributed by atoms with Crippen molar-refractivity contribution in [1.29, 1.82) is 0 Å². The van der Waals surface area contributed by atoms with Gasteiger partial charge in [0.15, 0.2) is 0 Å². The Labute approximate surface area is 117 Å². The summed E-state index contributed by atoms with van der Waals surface area (Å²) in [5.74, 6) is 1.55. The lowest BCUT2D eigenvalue weighted by Crippen LogP contribution is -1.97. The Bertz CT molecular complexity index is 762. The summed E-state index contributed by atoms with van der Waals surface area (Å²) in [4.78, 5) is 4.66. The molecule has 0 unspecified atom stereocenters. The molecule has 2 aromatic heterocycles. The van der Waals surface area contributed by atoms with Crippen LogP contribution in [0.15, 0.2) is 42.6 Å². The van der Waals surface area contributed by atoms with Crippen molar-refractivity contribution in [2.75, 3.05) is 12.8 Å². The number of rotatable bonds is 3. The third kappa shape index (κ3) is 2.09. The smallest absolute Gasteiger partial charge is 0.141 e. The van der Waals surface area contributed by atoms with Gasteiger partial charge in [0, 0.05) is 12.6 Å². The number of pyridine rings is 1. The number of nitrogens with two attached hydrogens (primary N) is 1. The van der Waals surface area contributed by atoms with Gasteiger partial charge in [0.2, 0.25) is 0 Å². The van der Waals surface area contributed by atoms with Crippen LogP contribution in [0.1, 0.15) is 16.8 Å². The quantitative estimate of drug-likeness (QED) is 0.794. The second-order valence-electron chi connectivity index (χ2n) is 4.86. The molecule has 0 saturated carbocycles. The van der Waals surface area contributed by atoms with Gasteiger partial charge in [-0.15, -0.1) is 0 Å². The van der Waals surface area contributed by atoms with Gasteiger partial charge in [-0.2, -0.15) is 0 Å². The zero-order chi connectivity index (χ0) is 14.1. The molecular weight excluding hydrogens is 250 g/mol. The normalized spacial score (nSPS) is 10.9. The lowest BCUT2D eigenvalue weighted by Gasteiger charge is -2.03. The molecule has 2 N–H and O–H groups in total. The maximum Gasteiger partial charge on any atom is 0.141 e. The fourth-order valence-corrected chi connectivity index (χ4v) is 2.38. The number of benzene rings is 1. The van der Waals surface area contributed by atoms with Gasteiger partial charge in [-0.25, -0.2) is 4.98 Å². The molecule has 3 rings (SSSR count). The first-order chi connectivity index (χ1) is 9.69. The third-order valence-electron chi connectivity index (χ3n) is 3.46. The molecule has 0 fully saturated rings. The summed E-state index contributed by atoms with van der Waals surface area (Å²) in [5.41, 5.74) is 10.3. The van der Waals surface area contributed by atoms with Crippen LogP contribution in [0.4, 0.5) is 5.82 Å². The minimum atomic E-state index is 0.699. The molecule has 0 bridgehead atoms. The number of aryl methyl sites for hydroxylation is 1. The van der Waals surface area contributed by atoms with E-state index in [0.717, 1.165) is 28.2 Å². The van der Waals surface area contributed by atoms with Crippen molar-refractivity contribution in [3.8, 4) is 5.75 Å². The lowest BCUT2D eigenvalue weighted by atomic mass is 10.1. The number of methoxy groups -OCH3 is 1. The fourth-order valence-electron chi connectivity index (χ4n) is 2.38. The molecule has 0 amide bonds. The monoisotopic (exact) mass is 267 g/mol. The molecule has 1 aromatic carbocycles. The summed E-state index contributed by atoms with van der Waals surface area (Å²) in [6.07, 6.45) is 2.64. The van der Waals surface area contributed by atoms with E-state index >= 15 is 0 Å². The molecule has 0 saturated heterocycles. The van der Waals surface area contributed by atoms with Crippen LogP contribution in [0.3, 0.4) is 0 Å². The topological polar surface area (TPSA) is 52.5 Å². The van der Waals surface area contributed by atoms with Crippen molar-refractivity contribution >= 4 is 11.5 Å². The largest absolute Gasteiger partial charge is 0.497 e. The van der Waals surface area contributed by atoms with Gasteiger partial charge in [-0.05, 0) is 36.2 Å². The van der Waals surface area contributed by atoms with Crippen molar-refractivity contribution in [3.05, 3.63) is 59.4 Å². The summed E-state index contributed by atoms with van der Waals surface area (Å²) in [6, 6.07) is 12.0. The predicted molar refractivity (Wildman–Crippen MR) is 80.1 cm³/mol. The Balaban J connectivity index is 2.02. The van der Waals surface area contributed by atoms with Crippen LogP contribution in [0.5, 0.6) is 5.75 Å². The number of ether oxygens (including phenoxy) is 1. The van der Waals surface area contributed by atoms with E-state index in [1.807, 2.05) is 47.9 Å². The van der Waals surface area contributed by atoms with Crippen molar-refractivity contribution < 1.29 is 4.74 Å². The molecule has 0 spiro atoms. The molecule has 3 aromatic rings. The summed E-state index contributed by atoms with van der Waals surface area (Å²) >= 11 is 0. The maximum absolute atomic E-state index is 6.20. The Morgan fingerprint density at radius 2 is 2.10 bits per heavy atom. The van der Waals surface area contributed by atoms with E-state index in [-0.39, 0.29) is 0 Å². The van der Waals surface area contributed by atoms with E-state index in [1.54, 1.807) is 7.11 Å². The lowest BCUT2D eigenvalue weighted by molar-refractivity contribution is 0.414. The number of imidazole rings is 1. The van der Waals surface area contributed by atoms with Crippen LogP contribution in [0.2, 0.25) is 0 Å². The SMILES string of the molecule is COc1cccc(Cc2nc3c(C)cccn3c2N)c1. The van der Waals surface area contributed by atoms with Gasteiger partial charge >= 0.3 is 0 Å². The van der Waals surface area contributed by atoms with E-state index < -0.39 is 0 Å². The average Bonchev–Trinajstić information content (AvgIpc) is 2.78. The van der Waals surface area contributed by atoms with E-state index in [0.29, 0.717) is 12.2 Å². The number of fused-ring (bicyclic) bond motifs is 1. The highest BCUT2D eigenvalue weighted by atomic mass is 16.5. The summed E-state index contributed by atoms with van der Waals surface area (Å²) < 4.78 is 7.18. The third-order valence-corrected chi connectivity index (χ3v) is 3.46. The highest BCUT2D eigenvalue weighted by Gasteiger charge is 2.11. The molecule has 20 heavy (non-hydrogen) atoms. The van der Waals surface area contributed by atoms with Crippen molar-refractivity contribution in [1.82, 2.24) is 9.38 Å². The number of hydrogen-bond acceptors (Lipinski definition) is 3. The first-order valence-corrected chi connectivity index (χ1v) is 6.54. The van der Waals surface area contributed by atoms with E-state index in [1.165, 1.54) is 0 Å². The Hall–Kier alpha value is -2.49. The minimum Gasteiger partial charge on any atom is -0.497 e. The zero-order valence-corrected chi connectivity index (χ0v) is 11.6. The van der Waals surface area contributed by atoms with Crippen molar-refractivity contribution in [2.45, 2.75) is 13.3 Å². The summed E-state index contributed by atoms with van der Waals surface area (Å²) in [7, 11) is 1.67. The van der Waals surface area contributed by atoms with Crippen molar-refractivity contribution in [3.63, 3.8) is 0 Å². The second-order valence-corrected chi connectivity index (χ2v) is 4.86. The number of anilines is 1. The second kappa shape index (κ2) is 4.89. The molecule has 0 aliphatic heterocycles. The van der Waals surface area contributed by atoms with Crippen LogP contribution in [-0.2, 0) is 6.42 Å². The maximum atomic E-state index is 6.20. The van der Waals surface area contributed by atoms with E-state index in [2.05, 4.69) is 11.1 Å². The Kier molecular flexibility index (Phi) is 3.06. The first kappa shape index (κ1) is 12.5. The molecule has 102 valence electrons. The molecule has 0 aliphatic carbocycles. The molecular formula is C16H17N3O. The van der Waals surface area contributed by atoms with Crippen molar-refractivity contribution in [2.24, 2.45) is 0 Å². The average molecular weight is 267 g/mol. The zero-order valence-electron chi connectivity index (χ0n) is 11.6. The van der Waals surface area contributed by atoms with Gasteiger partial charge in [0.1, 0.15) is 17.2 Å². The molecule has 4 nitrogen and oxygen atoms in total. The van der Waals surface area contributed by atoms with E-state index in [4.69, 9.17) is 10.5 Å². The first-order valence-electron chi connectivity index (χ1n) is 6.54. The number of hydrogen-bond donors (Lipinski definition) is 1. The molecule has 4 heteroatoms. The highest BCUT2D eigenvalue weighted by molar-refractivity contribution is 5.57. The minimum absolute atomic E-state index is 0.699. The summed E-state index contributed by atoms with van der Waals surface area (Å²) in [5, 5.41) is 0.